The number of esters is 1. The lowest BCUT2D eigenvalue weighted by molar-refractivity contribution is -0.128. The van der Waals surface area contributed by atoms with Crippen molar-refractivity contribution in [2.45, 2.75) is 0 Å². The Bertz CT molecular complexity index is 1440. The minimum absolute atomic E-state index is 0.0435. The van der Waals surface area contributed by atoms with E-state index in [9.17, 15) is 9.59 Å². The summed E-state index contributed by atoms with van der Waals surface area (Å²) in [4.78, 5) is 25.1. The molecule has 0 saturated heterocycles. The number of hydrogen-bond acceptors (Lipinski definition) is 7. The van der Waals surface area contributed by atoms with Gasteiger partial charge < -0.3 is 23.4 Å². The van der Waals surface area contributed by atoms with E-state index in [0.717, 1.165) is 5.56 Å². The van der Waals surface area contributed by atoms with Crippen LogP contribution in [0, 0.1) is 0 Å². The van der Waals surface area contributed by atoms with E-state index >= 15 is 0 Å². The summed E-state index contributed by atoms with van der Waals surface area (Å²) in [5.74, 6) is 1.31. The van der Waals surface area contributed by atoms with Gasteiger partial charge >= 0.3 is 5.97 Å². The van der Waals surface area contributed by atoms with Crippen LogP contribution in [-0.4, -0.2) is 20.2 Å². The molecule has 8 heteroatoms. The molecule has 0 amide bonds. The predicted octanol–water partition coefficient (Wildman–Crippen LogP) is 5.98. The molecule has 0 radical (unpaired) electrons. The molecule has 0 aliphatic heterocycles. The number of hydrogen-bond donors (Lipinski definition) is 0. The average molecular weight is 523 g/mol. The van der Waals surface area contributed by atoms with Gasteiger partial charge in [0.05, 0.1) is 24.1 Å². The standard InChI is InChI=1S/C26H19BrO7/c1-30-21-11-7-16(13-23(21)31-2)8-12-25(28)33-17-9-10-18-22(14-17)32-15-24(26(18)29)34-20-6-4-3-5-19(20)27/h3-15H,1-2H3/b12-8+. The number of methoxy groups -OCH3 is 2. The van der Waals surface area contributed by atoms with Gasteiger partial charge in [-0.2, -0.15) is 0 Å². The topological polar surface area (TPSA) is 84.2 Å². The highest BCUT2D eigenvalue weighted by atomic mass is 79.9. The molecular formula is C26H19BrO7. The Balaban J connectivity index is 1.49. The molecule has 4 aromatic rings. The van der Waals surface area contributed by atoms with Gasteiger partial charge in [0.25, 0.3) is 0 Å². The zero-order valence-corrected chi connectivity index (χ0v) is 19.8. The van der Waals surface area contributed by atoms with E-state index in [1.807, 2.05) is 6.07 Å². The van der Waals surface area contributed by atoms with Crippen LogP contribution in [-0.2, 0) is 4.79 Å². The largest absolute Gasteiger partial charge is 0.493 e. The minimum atomic E-state index is -0.592. The molecule has 0 spiro atoms. The van der Waals surface area contributed by atoms with Crippen LogP contribution in [0.25, 0.3) is 17.0 Å². The van der Waals surface area contributed by atoms with E-state index in [4.69, 9.17) is 23.4 Å². The molecule has 34 heavy (non-hydrogen) atoms. The van der Waals surface area contributed by atoms with Crippen LogP contribution in [0.2, 0.25) is 0 Å². The lowest BCUT2D eigenvalue weighted by Gasteiger charge is -2.08. The van der Waals surface area contributed by atoms with Gasteiger partial charge in [-0.15, -0.1) is 0 Å². The Kier molecular flexibility index (Phi) is 6.98. The van der Waals surface area contributed by atoms with Crippen molar-refractivity contribution in [2.75, 3.05) is 14.2 Å². The predicted molar refractivity (Wildman–Crippen MR) is 131 cm³/mol. The summed E-state index contributed by atoms with van der Waals surface area (Å²) in [5, 5.41) is 0.297. The summed E-state index contributed by atoms with van der Waals surface area (Å²) >= 11 is 3.38. The van der Waals surface area contributed by atoms with E-state index in [-0.39, 0.29) is 22.5 Å². The highest BCUT2D eigenvalue weighted by Gasteiger charge is 2.12. The molecule has 0 N–H and O–H groups in total. The zero-order chi connectivity index (χ0) is 24.1. The third-order valence-corrected chi connectivity index (χ3v) is 5.46. The highest BCUT2D eigenvalue weighted by Crippen LogP contribution is 2.30. The molecular weight excluding hydrogens is 504 g/mol. The molecule has 0 atom stereocenters. The number of fused-ring (bicyclic) bond motifs is 1. The highest BCUT2D eigenvalue weighted by molar-refractivity contribution is 9.10. The third-order valence-electron chi connectivity index (χ3n) is 4.81. The normalized spacial score (nSPS) is 10.9. The zero-order valence-electron chi connectivity index (χ0n) is 18.2. The fourth-order valence-electron chi connectivity index (χ4n) is 3.14. The SMILES string of the molecule is COc1ccc(/C=C/C(=O)Oc2ccc3c(=O)c(Oc4ccccc4Br)coc3c2)cc1OC. The third kappa shape index (κ3) is 5.13. The molecule has 0 bridgehead atoms. The van der Waals surface area contributed by atoms with Gasteiger partial charge in [-0.25, -0.2) is 4.79 Å². The van der Waals surface area contributed by atoms with E-state index in [2.05, 4.69) is 15.9 Å². The first kappa shape index (κ1) is 23.1. The fourth-order valence-corrected chi connectivity index (χ4v) is 3.51. The van der Waals surface area contributed by atoms with E-state index in [1.165, 1.54) is 37.6 Å². The van der Waals surface area contributed by atoms with Crippen LogP contribution in [0.5, 0.6) is 28.7 Å². The van der Waals surface area contributed by atoms with Crippen LogP contribution in [0.3, 0.4) is 0 Å². The summed E-state index contributed by atoms with van der Waals surface area (Å²) in [6.07, 6.45) is 4.11. The summed E-state index contributed by atoms with van der Waals surface area (Å²) in [6.45, 7) is 0. The van der Waals surface area contributed by atoms with Crippen LogP contribution in [0.15, 0.2) is 86.7 Å². The van der Waals surface area contributed by atoms with Crippen molar-refractivity contribution in [3.8, 4) is 28.7 Å². The lowest BCUT2D eigenvalue weighted by atomic mass is 10.2. The maximum Gasteiger partial charge on any atom is 0.336 e. The second-order valence-electron chi connectivity index (χ2n) is 6.99. The van der Waals surface area contributed by atoms with Crippen molar-refractivity contribution in [1.29, 1.82) is 0 Å². The molecule has 0 unspecified atom stereocenters. The second kappa shape index (κ2) is 10.3. The smallest absolute Gasteiger partial charge is 0.336 e. The van der Waals surface area contributed by atoms with Crippen LogP contribution < -0.4 is 24.4 Å². The summed E-state index contributed by atoms with van der Waals surface area (Å²) < 4.78 is 27.7. The number of rotatable bonds is 7. The van der Waals surface area contributed by atoms with E-state index in [1.54, 1.807) is 49.6 Å². The van der Waals surface area contributed by atoms with Crippen molar-refractivity contribution < 1.29 is 28.2 Å². The molecule has 4 rings (SSSR count). The van der Waals surface area contributed by atoms with Crippen molar-refractivity contribution in [3.05, 3.63) is 93.3 Å². The van der Waals surface area contributed by atoms with Crippen LogP contribution >= 0.6 is 15.9 Å². The molecule has 3 aromatic carbocycles. The molecule has 0 aliphatic carbocycles. The molecule has 7 nitrogen and oxygen atoms in total. The fraction of sp³-hybridized carbons (Fsp3) is 0.0769. The average Bonchev–Trinajstić information content (AvgIpc) is 2.85. The van der Waals surface area contributed by atoms with E-state index in [0.29, 0.717) is 27.1 Å². The van der Waals surface area contributed by atoms with Gasteiger partial charge in [0.1, 0.15) is 23.3 Å². The molecule has 1 heterocycles. The molecule has 172 valence electrons. The monoisotopic (exact) mass is 522 g/mol. The van der Waals surface area contributed by atoms with Gasteiger partial charge in [-0.05, 0) is 64.0 Å². The van der Waals surface area contributed by atoms with E-state index < -0.39 is 5.97 Å². The van der Waals surface area contributed by atoms with Gasteiger partial charge in [0, 0.05) is 12.1 Å². The number of halogens is 1. The number of carbonyl (C=O) groups excluding carboxylic acids is 1. The number of carbonyl (C=O) groups is 1. The van der Waals surface area contributed by atoms with Gasteiger partial charge in [0.2, 0.25) is 11.2 Å². The summed E-state index contributed by atoms with van der Waals surface area (Å²) in [6, 6.07) is 16.9. The first-order valence-corrected chi connectivity index (χ1v) is 10.9. The van der Waals surface area contributed by atoms with Crippen molar-refractivity contribution in [3.63, 3.8) is 0 Å². The number of ether oxygens (including phenoxy) is 4. The lowest BCUT2D eigenvalue weighted by Crippen LogP contribution is -2.06. The Hall–Kier alpha value is -4.04. The Labute approximate surface area is 203 Å². The van der Waals surface area contributed by atoms with Crippen molar-refractivity contribution in [1.82, 2.24) is 0 Å². The first-order valence-electron chi connectivity index (χ1n) is 10.1. The van der Waals surface area contributed by atoms with Gasteiger partial charge in [-0.1, -0.05) is 18.2 Å². The maximum atomic E-state index is 12.8. The van der Waals surface area contributed by atoms with Gasteiger partial charge in [-0.3, -0.25) is 4.79 Å². The summed E-state index contributed by atoms with van der Waals surface area (Å²) in [7, 11) is 3.08. The molecule has 1 aromatic heterocycles. The summed E-state index contributed by atoms with van der Waals surface area (Å²) in [5.41, 5.74) is 0.651. The Morgan fingerprint density at radius 1 is 0.912 bits per heavy atom. The first-order chi connectivity index (χ1) is 16.5. The molecule has 0 saturated carbocycles. The van der Waals surface area contributed by atoms with Crippen LogP contribution in [0.1, 0.15) is 5.56 Å². The molecule has 0 fully saturated rings. The van der Waals surface area contributed by atoms with Crippen molar-refractivity contribution in [2.24, 2.45) is 0 Å². The Morgan fingerprint density at radius 3 is 2.47 bits per heavy atom. The second-order valence-corrected chi connectivity index (χ2v) is 7.84. The number of benzene rings is 3. The van der Waals surface area contributed by atoms with Gasteiger partial charge in [0.15, 0.2) is 11.5 Å². The number of para-hydroxylation sites is 1. The molecule has 0 aliphatic rings. The van der Waals surface area contributed by atoms with Crippen LogP contribution in [0.4, 0.5) is 0 Å². The quantitative estimate of drug-likeness (QED) is 0.167. The maximum absolute atomic E-state index is 12.8. The van der Waals surface area contributed by atoms with Crippen molar-refractivity contribution >= 4 is 38.9 Å². The minimum Gasteiger partial charge on any atom is -0.493 e. The Morgan fingerprint density at radius 2 is 1.71 bits per heavy atom.